The van der Waals surface area contributed by atoms with Gasteiger partial charge in [0.2, 0.25) is 5.88 Å². The Kier molecular flexibility index (Phi) is 5.53. The molecule has 0 N–H and O–H groups in total. The van der Waals surface area contributed by atoms with Crippen molar-refractivity contribution in [3.8, 4) is 17.0 Å². The maximum Gasteiger partial charge on any atom is 0.416 e. The van der Waals surface area contributed by atoms with E-state index in [2.05, 4.69) is 27.0 Å². The largest absolute Gasteiger partial charge is 0.469 e. The molecule has 0 saturated heterocycles. The Morgan fingerprint density at radius 1 is 1.12 bits per heavy atom. The summed E-state index contributed by atoms with van der Waals surface area (Å²) in [4.78, 5) is 5.75. The van der Waals surface area contributed by atoms with Gasteiger partial charge in [0.05, 0.1) is 10.0 Å². The fraction of sp³-hybridized carbons (Fsp3) is 0.320. The molecule has 1 aliphatic heterocycles. The monoisotopic (exact) mass is 519 g/mol. The third-order valence-corrected chi connectivity index (χ3v) is 8.39. The van der Waals surface area contributed by atoms with E-state index in [0.29, 0.717) is 17.0 Å². The first kappa shape index (κ1) is 21.8. The highest BCUT2D eigenvalue weighted by Crippen LogP contribution is 2.46. The Labute approximate surface area is 197 Å². The van der Waals surface area contributed by atoms with Gasteiger partial charge in [0, 0.05) is 16.8 Å². The lowest BCUT2D eigenvalue weighted by Crippen LogP contribution is -2.07. The molecule has 32 heavy (non-hydrogen) atoms. The van der Waals surface area contributed by atoms with Gasteiger partial charge in [0.15, 0.2) is 0 Å². The molecule has 2 aromatic carbocycles. The Hall–Kier alpha value is -1.99. The molecule has 5 rings (SSSR count). The lowest BCUT2D eigenvalue weighted by Gasteiger charge is -2.19. The number of aryl methyl sites for hydroxylation is 3. The molecular formula is C25H21BrF3NOS. The summed E-state index contributed by atoms with van der Waals surface area (Å²) in [5.74, 6) is 1.66. The second-order valence-corrected chi connectivity index (χ2v) is 10.2. The number of aromatic nitrogens is 1. The van der Waals surface area contributed by atoms with E-state index in [-0.39, 0.29) is 6.10 Å². The van der Waals surface area contributed by atoms with Crippen LogP contribution in [0.4, 0.5) is 13.2 Å². The van der Waals surface area contributed by atoms with Crippen LogP contribution in [-0.4, -0.2) is 10.7 Å². The van der Waals surface area contributed by atoms with Crippen molar-refractivity contribution >= 4 is 27.7 Å². The molecule has 7 heteroatoms. The van der Waals surface area contributed by atoms with Crippen LogP contribution in [0.15, 0.2) is 45.9 Å². The van der Waals surface area contributed by atoms with E-state index < -0.39 is 11.7 Å². The van der Waals surface area contributed by atoms with Gasteiger partial charge in [0.1, 0.15) is 6.10 Å². The molecule has 0 fully saturated rings. The van der Waals surface area contributed by atoms with Gasteiger partial charge in [-0.3, -0.25) is 0 Å². The maximum absolute atomic E-state index is 13.2. The van der Waals surface area contributed by atoms with Crippen molar-refractivity contribution in [2.75, 3.05) is 5.75 Å². The van der Waals surface area contributed by atoms with E-state index in [1.165, 1.54) is 22.6 Å². The molecule has 2 heterocycles. The summed E-state index contributed by atoms with van der Waals surface area (Å²) in [5, 5.41) is 0. The van der Waals surface area contributed by atoms with Gasteiger partial charge in [-0.25, -0.2) is 4.98 Å². The zero-order valence-corrected chi connectivity index (χ0v) is 20.0. The number of benzene rings is 2. The molecule has 0 radical (unpaired) electrons. The molecule has 2 nitrogen and oxygen atoms in total. The van der Waals surface area contributed by atoms with Gasteiger partial charge in [-0.1, -0.05) is 18.2 Å². The van der Waals surface area contributed by atoms with Gasteiger partial charge in [-0.05, 0) is 100 Å². The summed E-state index contributed by atoms with van der Waals surface area (Å²) in [6.45, 7) is 3.51. The molecule has 1 atom stereocenters. The lowest BCUT2D eigenvalue weighted by molar-refractivity contribution is -0.137. The maximum atomic E-state index is 13.2. The van der Waals surface area contributed by atoms with Crippen LogP contribution < -0.4 is 4.74 Å². The van der Waals surface area contributed by atoms with Crippen molar-refractivity contribution in [2.24, 2.45) is 0 Å². The van der Waals surface area contributed by atoms with Crippen molar-refractivity contribution in [1.82, 2.24) is 4.98 Å². The highest BCUT2D eigenvalue weighted by Gasteiger charge is 2.33. The van der Waals surface area contributed by atoms with Crippen LogP contribution in [0.2, 0.25) is 0 Å². The summed E-state index contributed by atoms with van der Waals surface area (Å²) in [6.07, 6.45) is 0.0641. The quantitative estimate of drug-likeness (QED) is 0.351. The molecule has 1 aromatic heterocycles. The zero-order valence-electron chi connectivity index (χ0n) is 17.6. The lowest BCUT2D eigenvalue weighted by atomic mass is 9.89. The fourth-order valence-electron chi connectivity index (χ4n) is 4.83. The van der Waals surface area contributed by atoms with Crippen LogP contribution in [0.3, 0.4) is 0 Å². The highest BCUT2D eigenvalue weighted by atomic mass is 79.9. The Bertz CT molecular complexity index is 1200. The minimum Gasteiger partial charge on any atom is -0.469 e. The first-order valence-corrected chi connectivity index (χ1v) is 12.3. The third-order valence-electron chi connectivity index (χ3n) is 6.23. The summed E-state index contributed by atoms with van der Waals surface area (Å²) in [7, 11) is 0. The minimum absolute atomic E-state index is 0.131. The molecule has 1 aliphatic carbocycles. The second-order valence-electron chi connectivity index (χ2n) is 8.33. The number of hydrogen-bond acceptors (Lipinski definition) is 3. The zero-order chi connectivity index (χ0) is 22.6. The molecule has 3 aromatic rings. The summed E-state index contributed by atoms with van der Waals surface area (Å²) in [5.41, 5.74) is 6.02. The number of nitrogens with zero attached hydrogens (tertiary/aromatic N) is 1. The molecule has 1 unspecified atom stereocenters. The number of thioether (sulfide) groups is 1. The molecular weight excluding hydrogens is 499 g/mol. The van der Waals surface area contributed by atoms with Gasteiger partial charge in [-0.15, -0.1) is 11.8 Å². The van der Waals surface area contributed by atoms with E-state index in [9.17, 15) is 13.2 Å². The van der Waals surface area contributed by atoms with Crippen LogP contribution in [0, 0.1) is 13.8 Å². The van der Waals surface area contributed by atoms with Gasteiger partial charge < -0.3 is 4.74 Å². The molecule has 0 saturated carbocycles. The topological polar surface area (TPSA) is 22.1 Å². The number of fused-ring (bicyclic) bond motifs is 2. The average molecular weight is 520 g/mol. The van der Waals surface area contributed by atoms with E-state index in [0.717, 1.165) is 51.7 Å². The van der Waals surface area contributed by atoms with Crippen LogP contribution in [-0.2, 0) is 19.0 Å². The van der Waals surface area contributed by atoms with Crippen molar-refractivity contribution in [1.29, 1.82) is 0 Å². The highest BCUT2D eigenvalue weighted by molar-refractivity contribution is 9.10. The Morgan fingerprint density at radius 2 is 1.88 bits per heavy atom. The molecule has 0 bridgehead atoms. The standard InChI is InChI=1S/C25H21BrF3NOS/c1-13-10-16(25(27,28)29)11-14(2)21(13)19-5-3-4-18-17(19)6-7-20(18)31-24-22(26)23-15(12-30-24)8-9-32-23/h3-5,10-12,20H,6-9H2,1-2H3. The normalized spacial score (nSPS) is 17.4. The molecule has 166 valence electrons. The molecule has 0 amide bonds. The molecule has 2 aliphatic rings. The predicted octanol–water partition coefficient (Wildman–Crippen LogP) is 7.86. The Balaban J connectivity index is 1.51. The fourth-order valence-corrected chi connectivity index (χ4v) is 6.70. The van der Waals surface area contributed by atoms with Crippen LogP contribution in [0.5, 0.6) is 5.88 Å². The smallest absolute Gasteiger partial charge is 0.416 e. The summed E-state index contributed by atoms with van der Waals surface area (Å²) in [6, 6.07) is 8.51. The number of alkyl halides is 3. The van der Waals surface area contributed by atoms with Crippen molar-refractivity contribution in [3.63, 3.8) is 0 Å². The number of ether oxygens (including phenoxy) is 1. The first-order chi connectivity index (χ1) is 15.2. The summed E-state index contributed by atoms with van der Waals surface area (Å²) >= 11 is 5.48. The average Bonchev–Trinajstić information content (AvgIpc) is 3.37. The van der Waals surface area contributed by atoms with Gasteiger partial charge in [-0.2, -0.15) is 13.2 Å². The number of rotatable bonds is 3. The number of pyridine rings is 1. The van der Waals surface area contributed by atoms with Crippen LogP contribution >= 0.6 is 27.7 Å². The van der Waals surface area contributed by atoms with Gasteiger partial charge in [0.25, 0.3) is 0 Å². The number of hydrogen-bond donors (Lipinski definition) is 0. The third kappa shape index (κ3) is 3.73. The first-order valence-electron chi connectivity index (χ1n) is 10.5. The SMILES string of the molecule is Cc1cc(C(F)(F)F)cc(C)c1-c1cccc2c1CCC2Oc1ncc2c(c1Br)SCC2. The van der Waals surface area contributed by atoms with Crippen molar-refractivity contribution in [3.05, 3.63) is 74.4 Å². The summed E-state index contributed by atoms with van der Waals surface area (Å²) < 4.78 is 47.0. The van der Waals surface area contributed by atoms with E-state index in [1.807, 2.05) is 30.1 Å². The van der Waals surface area contributed by atoms with Crippen molar-refractivity contribution < 1.29 is 17.9 Å². The van der Waals surface area contributed by atoms with E-state index >= 15 is 0 Å². The predicted molar refractivity (Wildman–Crippen MR) is 124 cm³/mol. The van der Waals surface area contributed by atoms with E-state index in [1.54, 1.807) is 13.8 Å². The van der Waals surface area contributed by atoms with Crippen LogP contribution in [0.1, 0.15) is 45.9 Å². The van der Waals surface area contributed by atoms with E-state index in [4.69, 9.17) is 4.74 Å². The molecule has 0 spiro atoms. The van der Waals surface area contributed by atoms with Crippen molar-refractivity contribution in [2.45, 2.75) is 50.3 Å². The number of halogens is 4. The second kappa shape index (κ2) is 8.10. The Morgan fingerprint density at radius 3 is 2.59 bits per heavy atom. The minimum atomic E-state index is -4.35. The van der Waals surface area contributed by atoms with Crippen LogP contribution in [0.25, 0.3) is 11.1 Å². The van der Waals surface area contributed by atoms with Gasteiger partial charge >= 0.3 is 6.18 Å².